The Bertz CT molecular complexity index is 994. The highest BCUT2D eigenvalue weighted by atomic mass is 32.1. The van der Waals surface area contributed by atoms with Gasteiger partial charge >= 0.3 is 0 Å². The summed E-state index contributed by atoms with van der Waals surface area (Å²) in [5.41, 5.74) is 4.38. The Balaban J connectivity index is 1.89. The summed E-state index contributed by atoms with van der Waals surface area (Å²) < 4.78 is 6.35. The molecule has 0 aliphatic carbocycles. The van der Waals surface area contributed by atoms with E-state index < -0.39 is 0 Å². The highest BCUT2D eigenvalue weighted by Gasteiger charge is 2.21. The van der Waals surface area contributed by atoms with Gasteiger partial charge < -0.3 is 9.64 Å². The summed E-state index contributed by atoms with van der Waals surface area (Å²) in [5.74, 6) is 0.863. The molecule has 3 rings (SSSR count). The van der Waals surface area contributed by atoms with Gasteiger partial charge in [-0.25, -0.2) is 4.98 Å². The van der Waals surface area contributed by atoms with E-state index in [9.17, 15) is 4.79 Å². The van der Waals surface area contributed by atoms with Crippen molar-refractivity contribution in [2.24, 2.45) is 0 Å². The van der Waals surface area contributed by atoms with Crippen LogP contribution in [0.5, 0.6) is 5.75 Å². The Hall–Kier alpha value is -2.44. The molecule has 5 nitrogen and oxygen atoms in total. The Kier molecular flexibility index (Phi) is 7.45. The Morgan fingerprint density at radius 1 is 1.03 bits per heavy atom. The van der Waals surface area contributed by atoms with Gasteiger partial charge in [-0.15, -0.1) is 0 Å². The number of fused-ring (bicyclic) bond motifs is 1. The van der Waals surface area contributed by atoms with Crippen LogP contribution in [-0.4, -0.2) is 49.1 Å². The minimum absolute atomic E-state index is 0.0701. The second-order valence-corrected chi connectivity index (χ2v) is 8.46. The minimum Gasteiger partial charge on any atom is -0.497 e. The minimum atomic E-state index is 0.0701. The average Bonchev–Trinajstić information content (AvgIpc) is 3.19. The number of methoxy groups -OCH3 is 1. The quantitative estimate of drug-likeness (QED) is 0.492. The van der Waals surface area contributed by atoms with Gasteiger partial charge in [-0.3, -0.25) is 9.69 Å². The molecule has 0 saturated heterocycles. The number of aryl methyl sites for hydroxylation is 2. The topological polar surface area (TPSA) is 45.7 Å². The zero-order valence-corrected chi connectivity index (χ0v) is 19.4. The lowest BCUT2D eigenvalue weighted by molar-refractivity contribution is -0.118. The lowest BCUT2D eigenvalue weighted by Gasteiger charge is -2.24. The number of anilines is 1. The third-order valence-electron chi connectivity index (χ3n) is 5.65. The van der Waals surface area contributed by atoms with Gasteiger partial charge in [0.2, 0.25) is 5.91 Å². The van der Waals surface area contributed by atoms with Gasteiger partial charge in [-0.2, -0.15) is 0 Å². The SMILES string of the molecule is CCN(CC)CCN(C(=O)Cc1ccc(OC)cc1)c1nc2c(C)c(C)ccc2s1. The van der Waals surface area contributed by atoms with Crippen LogP contribution in [0.15, 0.2) is 36.4 Å². The molecule has 30 heavy (non-hydrogen) atoms. The van der Waals surface area contributed by atoms with E-state index in [1.807, 2.05) is 29.2 Å². The number of hydrogen-bond donors (Lipinski definition) is 0. The highest BCUT2D eigenvalue weighted by Crippen LogP contribution is 2.32. The van der Waals surface area contributed by atoms with Crippen LogP contribution in [0, 0.1) is 13.8 Å². The fourth-order valence-electron chi connectivity index (χ4n) is 3.45. The molecule has 1 heterocycles. The normalized spacial score (nSPS) is 11.3. The number of hydrogen-bond acceptors (Lipinski definition) is 5. The van der Waals surface area contributed by atoms with Crippen LogP contribution in [0.25, 0.3) is 10.2 Å². The molecule has 0 saturated carbocycles. The molecule has 0 bridgehead atoms. The zero-order chi connectivity index (χ0) is 21.7. The van der Waals surface area contributed by atoms with Crippen LogP contribution in [0.1, 0.15) is 30.5 Å². The van der Waals surface area contributed by atoms with Crippen LogP contribution >= 0.6 is 11.3 Å². The Morgan fingerprint density at radius 2 is 1.73 bits per heavy atom. The van der Waals surface area contributed by atoms with Gasteiger partial charge in [0, 0.05) is 13.1 Å². The number of aromatic nitrogens is 1. The van der Waals surface area contributed by atoms with Crippen molar-refractivity contribution in [2.45, 2.75) is 34.1 Å². The summed E-state index contributed by atoms with van der Waals surface area (Å²) >= 11 is 1.60. The van der Waals surface area contributed by atoms with Crippen molar-refractivity contribution in [2.75, 3.05) is 38.2 Å². The van der Waals surface area contributed by atoms with Gasteiger partial charge in [0.25, 0.3) is 0 Å². The molecule has 0 aliphatic heterocycles. The van der Waals surface area contributed by atoms with E-state index in [-0.39, 0.29) is 5.91 Å². The van der Waals surface area contributed by atoms with Crippen LogP contribution in [0.4, 0.5) is 5.13 Å². The summed E-state index contributed by atoms with van der Waals surface area (Å²) in [6.45, 7) is 11.9. The van der Waals surface area contributed by atoms with E-state index in [4.69, 9.17) is 9.72 Å². The molecule has 0 N–H and O–H groups in total. The lowest BCUT2D eigenvalue weighted by Crippen LogP contribution is -2.39. The van der Waals surface area contributed by atoms with Gasteiger partial charge in [-0.05, 0) is 61.8 Å². The second-order valence-electron chi connectivity index (χ2n) is 7.45. The largest absolute Gasteiger partial charge is 0.497 e. The molecule has 0 fully saturated rings. The van der Waals surface area contributed by atoms with Crippen molar-refractivity contribution >= 4 is 32.6 Å². The molecule has 1 amide bonds. The van der Waals surface area contributed by atoms with Crippen LogP contribution in [0.3, 0.4) is 0 Å². The van der Waals surface area contributed by atoms with Gasteiger partial charge in [0.15, 0.2) is 5.13 Å². The number of carbonyl (C=O) groups is 1. The Morgan fingerprint density at radius 3 is 2.37 bits per heavy atom. The molecule has 0 spiro atoms. The van der Waals surface area contributed by atoms with Gasteiger partial charge in [0.1, 0.15) is 5.75 Å². The summed E-state index contributed by atoms with van der Waals surface area (Å²) in [7, 11) is 1.64. The molecular formula is C24H31N3O2S. The maximum atomic E-state index is 13.3. The fraction of sp³-hybridized carbons (Fsp3) is 0.417. The Labute approximate surface area is 183 Å². The molecule has 3 aromatic rings. The number of thiazole rings is 1. The van der Waals surface area contributed by atoms with E-state index >= 15 is 0 Å². The maximum absolute atomic E-state index is 13.3. The van der Waals surface area contributed by atoms with Crippen LogP contribution < -0.4 is 9.64 Å². The first-order chi connectivity index (χ1) is 14.5. The van der Waals surface area contributed by atoms with Crippen molar-refractivity contribution in [3.63, 3.8) is 0 Å². The van der Waals surface area contributed by atoms with Crippen molar-refractivity contribution in [3.8, 4) is 5.75 Å². The summed E-state index contributed by atoms with van der Waals surface area (Å²) in [4.78, 5) is 22.4. The van der Waals surface area contributed by atoms with Crippen molar-refractivity contribution < 1.29 is 9.53 Å². The summed E-state index contributed by atoms with van der Waals surface area (Å²) in [6.07, 6.45) is 0.343. The maximum Gasteiger partial charge on any atom is 0.233 e. The fourth-order valence-corrected chi connectivity index (χ4v) is 4.52. The van der Waals surface area contributed by atoms with Crippen LogP contribution in [-0.2, 0) is 11.2 Å². The number of likely N-dealkylation sites (N-methyl/N-ethyl adjacent to an activating group) is 1. The number of benzene rings is 2. The molecule has 160 valence electrons. The molecular weight excluding hydrogens is 394 g/mol. The molecule has 0 aliphatic rings. The van der Waals surface area contributed by atoms with E-state index in [1.54, 1.807) is 18.4 Å². The zero-order valence-electron chi connectivity index (χ0n) is 18.6. The third-order valence-corrected chi connectivity index (χ3v) is 6.70. The monoisotopic (exact) mass is 425 g/mol. The van der Waals surface area contributed by atoms with E-state index in [1.165, 1.54) is 11.1 Å². The molecule has 0 atom stereocenters. The van der Waals surface area contributed by atoms with E-state index in [2.05, 4.69) is 44.7 Å². The van der Waals surface area contributed by atoms with Crippen molar-refractivity contribution in [1.82, 2.24) is 9.88 Å². The van der Waals surface area contributed by atoms with Gasteiger partial charge in [-0.1, -0.05) is 43.4 Å². The first-order valence-corrected chi connectivity index (χ1v) is 11.3. The highest BCUT2D eigenvalue weighted by molar-refractivity contribution is 7.22. The van der Waals surface area contributed by atoms with E-state index in [0.717, 1.165) is 46.3 Å². The molecule has 0 radical (unpaired) electrons. The first kappa shape index (κ1) is 22.2. The smallest absolute Gasteiger partial charge is 0.233 e. The molecule has 6 heteroatoms. The standard InChI is InChI=1S/C24H31N3O2S/c1-6-26(7-2)14-15-27(22(28)16-19-9-11-20(29-5)12-10-19)24-25-23-18(4)17(3)8-13-21(23)30-24/h8-13H,6-7,14-16H2,1-5H3. The number of carbonyl (C=O) groups excluding carboxylic acids is 1. The second kappa shape index (κ2) is 10.0. The van der Waals surface area contributed by atoms with E-state index in [0.29, 0.717) is 13.0 Å². The number of ether oxygens (including phenoxy) is 1. The van der Waals surface area contributed by atoms with Crippen molar-refractivity contribution in [1.29, 1.82) is 0 Å². The number of amides is 1. The predicted molar refractivity (Wildman–Crippen MR) is 126 cm³/mol. The van der Waals surface area contributed by atoms with Crippen molar-refractivity contribution in [3.05, 3.63) is 53.1 Å². The summed E-state index contributed by atoms with van der Waals surface area (Å²) in [5, 5.41) is 0.782. The molecule has 0 unspecified atom stereocenters. The van der Waals surface area contributed by atoms with Crippen LogP contribution in [0.2, 0.25) is 0 Å². The number of rotatable bonds is 9. The molecule has 2 aromatic carbocycles. The lowest BCUT2D eigenvalue weighted by atomic mass is 10.1. The predicted octanol–water partition coefficient (Wildman–Crippen LogP) is 4.84. The first-order valence-electron chi connectivity index (χ1n) is 10.5. The molecule has 1 aromatic heterocycles. The van der Waals surface area contributed by atoms with Gasteiger partial charge in [0.05, 0.1) is 23.7 Å². The third kappa shape index (κ3) is 4.99. The summed E-state index contributed by atoms with van der Waals surface area (Å²) in [6, 6.07) is 11.9. The number of nitrogens with zero attached hydrogens (tertiary/aromatic N) is 3. The average molecular weight is 426 g/mol.